The minimum absolute atomic E-state index is 0.0501. The minimum Gasteiger partial charge on any atom is -0.506 e. The van der Waals surface area contributed by atoms with Crippen molar-refractivity contribution in [1.29, 1.82) is 0 Å². The predicted molar refractivity (Wildman–Crippen MR) is 151 cm³/mol. The molecule has 2 aromatic carbocycles. The van der Waals surface area contributed by atoms with E-state index < -0.39 is 0 Å². The predicted octanol–water partition coefficient (Wildman–Crippen LogP) is 9.47. The number of aromatic hydroxyl groups is 1. The van der Waals surface area contributed by atoms with Crippen LogP contribution in [0.25, 0.3) is 0 Å². The largest absolute Gasteiger partial charge is 0.506 e. The summed E-state index contributed by atoms with van der Waals surface area (Å²) in [5.41, 5.74) is 5.35. The second kappa shape index (κ2) is 9.90. The Kier molecular flexibility index (Phi) is 8.45. The first-order valence-electron chi connectivity index (χ1n) is 12.1. The summed E-state index contributed by atoms with van der Waals surface area (Å²) in [7, 11) is 0. The van der Waals surface area contributed by atoms with Crippen molar-refractivity contribution in [3.05, 3.63) is 52.6 Å². The van der Waals surface area contributed by atoms with E-state index in [-0.39, 0.29) is 21.7 Å². The van der Waals surface area contributed by atoms with Crippen LogP contribution >= 0.6 is 23.5 Å². The van der Waals surface area contributed by atoms with Gasteiger partial charge in [-0.25, -0.2) is 0 Å². The molecular formula is C30H46OS2. The number of hydrogen-bond donors (Lipinski definition) is 1. The molecule has 1 nitrogen and oxygen atoms in total. The average Bonchev–Trinajstić information content (AvgIpc) is 2.62. The Bertz CT molecular complexity index is 929. The molecule has 0 aromatic heterocycles. The lowest BCUT2D eigenvalue weighted by molar-refractivity contribution is 0.432. The van der Waals surface area contributed by atoms with Crippen molar-refractivity contribution in [3.63, 3.8) is 0 Å². The molecule has 0 saturated heterocycles. The van der Waals surface area contributed by atoms with Crippen LogP contribution in [0.15, 0.2) is 40.1 Å². The summed E-state index contributed by atoms with van der Waals surface area (Å²) in [6.45, 7) is 27.0. The summed E-state index contributed by atoms with van der Waals surface area (Å²) in [5, 5.41) is 11.1. The SMILES string of the molecule is CC(C)(C)c1cc(SCCSc2cc(C(C)(C)C)cc(C(C)(C)C)c2O)cc(C(C)(C)C)c1. The van der Waals surface area contributed by atoms with Gasteiger partial charge >= 0.3 is 0 Å². The molecule has 0 amide bonds. The Labute approximate surface area is 212 Å². The van der Waals surface area contributed by atoms with Gasteiger partial charge in [-0.3, -0.25) is 0 Å². The minimum atomic E-state index is -0.0911. The molecule has 0 saturated carbocycles. The molecule has 3 heteroatoms. The molecule has 0 spiro atoms. The van der Waals surface area contributed by atoms with E-state index in [4.69, 9.17) is 0 Å². The molecule has 0 aliphatic heterocycles. The van der Waals surface area contributed by atoms with Gasteiger partial charge < -0.3 is 5.11 Å². The highest BCUT2D eigenvalue weighted by Gasteiger charge is 2.25. The van der Waals surface area contributed by atoms with Crippen molar-refractivity contribution in [2.45, 2.75) is 115 Å². The Morgan fingerprint density at radius 2 is 0.970 bits per heavy atom. The molecule has 0 unspecified atom stereocenters. The van der Waals surface area contributed by atoms with Crippen LogP contribution in [0.2, 0.25) is 0 Å². The van der Waals surface area contributed by atoms with E-state index in [2.05, 4.69) is 113 Å². The highest BCUT2D eigenvalue weighted by Crippen LogP contribution is 2.42. The third-order valence-corrected chi connectivity index (χ3v) is 8.26. The van der Waals surface area contributed by atoms with E-state index in [1.54, 1.807) is 11.8 Å². The Morgan fingerprint density at radius 1 is 0.545 bits per heavy atom. The molecule has 0 aliphatic carbocycles. The van der Waals surface area contributed by atoms with Crippen LogP contribution in [-0.2, 0) is 21.7 Å². The number of benzene rings is 2. The first kappa shape index (κ1) is 28.2. The lowest BCUT2D eigenvalue weighted by Gasteiger charge is -2.27. The fraction of sp³-hybridized carbons (Fsp3) is 0.600. The molecule has 2 aromatic rings. The Morgan fingerprint density at radius 3 is 1.39 bits per heavy atom. The third kappa shape index (κ3) is 7.72. The Hall–Kier alpha value is -1.06. The van der Waals surface area contributed by atoms with Crippen LogP contribution in [-0.4, -0.2) is 16.6 Å². The molecule has 0 aliphatic rings. The second-order valence-electron chi connectivity index (χ2n) is 13.3. The van der Waals surface area contributed by atoms with Crippen molar-refractivity contribution >= 4 is 23.5 Å². The second-order valence-corrected chi connectivity index (χ2v) is 15.6. The van der Waals surface area contributed by atoms with Gasteiger partial charge in [-0.2, -0.15) is 0 Å². The maximum Gasteiger partial charge on any atom is 0.132 e. The lowest BCUT2D eigenvalue weighted by atomic mass is 9.80. The van der Waals surface area contributed by atoms with Crippen LogP contribution in [0.4, 0.5) is 0 Å². The molecule has 0 radical (unpaired) electrons. The first-order valence-corrected chi connectivity index (χ1v) is 14.1. The molecule has 0 bridgehead atoms. The standard InChI is InChI=1S/C30H46OS2/c1-27(2,3)20-15-21(28(4,5)6)17-23(16-20)32-13-14-33-25-19-22(29(7,8)9)18-24(26(25)31)30(10,11)12/h15-19,31H,13-14H2,1-12H3. The van der Waals surface area contributed by atoms with E-state index in [1.165, 1.54) is 21.6 Å². The summed E-state index contributed by atoms with van der Waals surface area (Å²) in [6, 6.07) is 11.5. The number of thioether (sulfide) groups is 2. The monoisotopic (exact) mass is 486 g/mol. The first-order chi connectivity index (χ1) is 14.8. The van der Waals surface area contributed by atoms with E-state index in [0.717, 1.165) is 22.0 Å². The number of rotatable bonds is 5. The maximum atomic E-state index is 11.1. The van der Waals surface area contributed by atoms with Gasteiger partial charge in [0.15, 0.2) is 0 Å². The van der Waals surface area contributed by atoms with Gasteiger partial charge in [-0.15, -0.1) is 23.5 Å². The molecule has 184 valence electrons. The van der Waals surface area contributed by atoms with Gasteiger partial charge in [-0.05, 0) is 56.5 Å². The number of phenolic OH excluding ortho intramolecular Hbond substituents is 1. The molecule has 0 fully saturated rings. The average molecular weight is 487 g/mol. The highest BCUT2D eigenvalue weighted by atomic mass is 32.2. The van der Waals surface area contributed by atoms with E-state index in [1.807, 2.05) is 11.8 Å². The van der Waals surface area contributed by atoms with Crippen LogP contribution in [0.1, 0.15) is 105 Å². The van der Waals surface area contributed by atoms with E-state index >= 15 is 0 Å². The normalized spacial score (nSPS) is 13.5. The summed E-state index contributed by atoms with van der Waals surface area (Å²) < 4.78 is 0. The summed E-state index contributed by atoms with van der Waals surface area (Å²) >= 11 is 3.70. The molecular weight excluding hydrogens is 440 g/mol. The number of phenols is 1. The number of hydrogen-bond acceptors (Lipinski definition) is 3. The van der Waals surface area contributed by atoms with Crippen molar-refractivity contribution in [3.8, 4) is 5.75 Å². The van der Waals surface area contributed by atoms with Gasteiger partial charge in [-0.1, -0.05) is 95.2 Å². The summed E-state index contributed by atoms with van der Waals surface area (Å²) in [5.74, 6) is 2.42. The van der Waals surface area contributed by atoms with Crippen molar-refractivity contribution in [2.75, 3.05) is 11.5 Å². The topological polar surface area (TPSA) is 20.2 Å². The van der Waals surface area contributed by atoms with Crippen LogP contribution in [0.5, 0.6) is 5.75 Å². The fourth-order valence-corrected chi connectivity index (χ4v) is 5.58. The van der Waals surface area contributed by atoms with Crippen molar-refractivity contribution in [2.24, 2.45) is 0 Å². The molecule has 2 rings (SSSR count). The zero-order chi connectivity index (χ0) is 25.4. The Balaban J connectivity index is 2.23. The van der Waals surface area contributed by atoms with Gasteiger partial charge in [0.05, 0.1) is 0 Å². The summed E-state index contributed by atoms with van der Waals surface area (Å²) in [6.07, 6.45) is 0. The zero-order valence-corrected chi connectivity index (χ0v) is 24.7. The fourth-order valence-electron chi connectivity index (χ4n) is 3.58. The zero-order valence-electron chi connectivity index (χ0n) is 23.1. The van der Waals surface area contributed by atoms with Gasteiger partial charge in [0.25, 0.3) is 0 Å². The summed E-state index contributed by atoms with van der Waals surface area (Å²) in [4.78, 5) is 2.35. The molecule has 33 heavy (non-hydrogen) atoms. The smallest absolute Gasteiger partial charge is 0.132 e. The van der Waals surface area contributed by atoms with Crippen molar-refractivity contribution < 1.29 is 5.11 Å². The lowest BCUT2D eigenvalue weighted by Crippen LogP contribution is -2.17. The van der Waals surface area contributed by atoms with Gasteiger partial charge in [0.2, 0.25) is 0 Å². The van der Waals surface area contributed by atoms with E-state index in [9.17, 15) is 5.11 Å². The quantitative estimate of drug-likeness (QED) is 0.335. The van der Waals surface area contributed by atoms with Crippen LogP contribution in [0, 0.1) is 0 Å². The molecule has 0 heterocycles. The highest BCUT2D eigenvalue weighted by molar-refractivity contribution is 8.03. The molecule has 0 atom stereocenters. The molecule has 1 N–H and O–H groups in total. The van der Waals surface area contributed by atoms with Crippen molar-refractivity contribution in [1.82, 2.24) is 0 Å². The van der Waals surface area contributed by atoms with Crippen LogP contribution < -0.4 is 0 Å². The van der Waals surface area contributed by atoms with Crippen LogP contribution in [0.3, 0.4) is 0 Å². The third-order valence-electron chi connectivity index (χ3n) is 6.00. The van der Waals surface area contributed by atoms with E-state index in [0.29, 0.717) is 5.75 Å². The van der Waals surface area contributed by atoms with Gasteiger partial charge in [0.1, 0.15) is 5.75 Å². The maximum absolute atomic E-state index is 11.1. The van der Waals surface area contributed by atoms with Gasteiger partial charge in [0, 0.05) is 26.9 Å².